The van der Waals surface area contributed by atoms with Crippen LogP contribution in [0.1, 0.15) is 10.4 Å². The number of hydrogen-bond donors (Lipinski definition) is 2. The molecule has 0 radical (unpaired) electrons. The van der Waals surface area contributed by atoms with Gasteiger partial charge in [0.05, 0.1) is 21.7 Å². The first-order valence-electron chi connectivity index (χ1n) is 3.65. The van der Waals surface area contributed by atoms with Crippen LogP contribution in [0.4, 0.5) is 4.39 Å². The van der Waals surface area contributed by atoms with E-state index in [1.54, 1.807) is 0 Å². The maximum Gasteiger partial charge on any atom is 0.338 e. The Bertz CT molecular complexity index is 523. The molecule has 0 unspecified atom stereocenters. The summed E-state index contributed by atoms with van der Waals surface area (Å²) in [6.45, 7) is 0. The average Bonchev–Trinajstić information content (AvgIpc) is 2.59. The van der Waals surface area contributed by atoms with E-state index in [0.29, 0.717) is 10.9 Å². The number of H-pyrrole nitrogens is 1. The Hall–Kier alpha value is -1.43. The Morgan fingerprint density at radius 2 is 2.36 bits per heavy atom. The minimum absolute atomic E-state index is 0.127. The Morgan fingerprint density at radius 1 is 1.64 bits per heavy atom. The maximum absolute atomic E-state index is 13.2. The van der Waals surface area contributed by atoms with Crippen LogP contribution in [0.25, 0.3) is 10.9 Å². The lowest BCUT2D eigenvalue weighted by atomic mass is 10.1. The van der Waals surface area contributed by atoms with Crippen molar-refractivity contribution in [2.75, 3.05) is 0 Å². The predicted molar refractivity (Wildman–Crippen MR) is 50.7 cm³/mol. The van der Waals surface area contributed by atoms with Gasteiger partial charge in [-0.1, -0.05) is 0 Å². The number of carboxylic acid groups (broad SMARTS) is 1. The van der Waals surface area contributed by atoms with Crippen molar-refractivity contribution in [2.24, 2.45) is 0 Å². The molecule has 0 saturated heterocycles. The fourth-order valence-electron chi connectivity index (χ4n) is 1.22. The molecule has 0 saturated carbocycles. The van der Waals surface area contributed by atoms with E-state index in [9.17, 15) is 9.18 Å². The van der Waals surface area contributed by atoms with Gasteiger partial charge in [0.1, 0.15) is 5.82 Å². The Kier molecular flexibility index (Phi) is 1.99. The molecule has 0 spiro atoms. The van der Waals surface area contributed by atoms with E-state index < -0.39 is 11.8 Å². The topological polar surface area (TPSA) is 66.0 Å². The van der Waals surface area contributed by atoms with Gasteiger partial charge in [0.15, 0.2) is 0 Å². The quantitative estimate of drug-likeness (QED) is 0.824. The number of benzene rings is 1. The van der Waals surface area contributed by atoms with Crippen LogP contribution in [-0.2, 0) is 0 Å². The SMILES string of the molecule is O=C(O)c1cc(F)c(Br)c2cn[nH]c12. The standard InChI is InChI=1S/C8H4BrFN2O2/c9-6-4-2-11-12-7(4)3(8(13)14)1-5(6)10/h1-2H,(H,11,12)(H,13,14). The van der Waals surface area contributed by atoms with Crippen LogP contribution in [-0.4, -0.2) is 21.3 Å². The molecule has 2 aromatic rings. The van der Waals surface area contributed by atoms with Gasteiger partial charge in [-0.2, -0.15) is 5.10 Å². The molecule has 1 aromatic carbocycles. The summed E-state index contributed by atoms with van der Waals surface area (Å²) >= 11 is 3.02. The van der Waals surface area contributed by atoms with E-state index in [2.05, 4.69) is 26.1 Å². The molecule has 0 bridgehead atoms. The summed E-state index contributed by atoms with van der Waals surface area (Å²) in [5, 5.41) is 15.4. The predicted octanol–water partition coefficient (Wildman–Crippen LogP) is 2.16. The molecule has 2 N–H and O–H groups in total. The Balaban J connectivity index is 2.91. The highest BCUT2D eigenvalue weighted by atomic mass is 79.9. The van der Waals surface area contributed by atoms with Crippen molar-refractivity contribution in [2.45, 2.75) is 0 Å². The van der Waals surface area contributed by atoms with Crippen molar-refractivity contribution in [3.8, 4) is 0 Å². The van der Waals surface area contributed by atoms with Crippen LogP contribution in [0.15, 0.2) is 16.7 Å². The third-order valence-electron chi connectivity index (χ3n) is 1.86. The molecular weight excluding hydrogens is 255 g/mol. The van der Waals surface area contributed by atoms with E-state index >= 15 is 0 Å². The molecule has 0 aliphatic rings. The zero-order valence-corrected chi connectivity index (χ0v) is 8.30. The van der Waals surface area contributed by atoms with Crippen LogP contribution < -0.4 is 0 Å². The van der Waals surface area contributed by atoms with E-state index in [4.69, 9.17) is 5.11 Å². The van der Waals surface area contributed by atoms with Gasteiger partial charge in [-0.3, -0.25) is 5.10 Å². The van der Waals surface area contributed by atoms with Crippen molar-refractivity contribution < 1.29 is 14.3 Å². The Labute approximate surface area is 85.9 Å². The maximum atomic E-state index is 13.2. The molecular formula is C8H4BrFN2O2. The van der Waals surface area contributed by atoms with Gasteiger partial charge in [0.25, 0.3) is 0 Å². The first kappa shape index (κ1) is 9.14. The number of hydrogen-bond acceptors (Lipinski definition) is 2. The van der Waals surface area contributed by atoms with Gasteiger partial charge < -0.3 is 5.11 Å². The molecule has 0 aliphatic heterocycles. The molecule has 14 heavy (non-hydrogen) atoms. The Morgan fingerprint density at radius 3 is 3.00 bits per heavy atom. The second-order valence-corrected chi connectivity index (χ2v) is 3.48. The van der Waals surface area contributed by atoms with E-state index in [-0.39, 0.29) is 10.0 Å². The smallest absolute Gasteiger partial charge is 0.338 e. The summed E-state index contributed by atoms with van der Waals surface area (Å²) in [7, 11) is 0. The molecule has 0 atom stereocenters. The molecule has 1 heterocycles. The first-order chi connectivity index (χ1) is 6.61. The molecule has 1 aromatic heterocycles. The number of aromatic amines is 1. The number of aromatic carboxylic acids is 1. The van der Waals surface area contributed by atoms with Crippen LogP contribution in [0.2, 0.25) is 0 Å². The number of halogens is 2. The molecule has 2 rings (SSSR count). The lowest BCUT2D eigenvalue weighted by molar-refractivity contribution is 0.0698. The van der Waals surface area contributed by atoms with Crippen molar-refractivity contribution in [1.29, 1.82) is 0 Å². The van der Waals surface area contributed by atoms with Crippen LogP contribution in [0.5, 0.6) is 0 Å². The lowest BCUT2D eigenvalue weighted by Crippen LogP contribution is -1.99. The van der Waals surface area contributed by atoms with Crippen LogP contribution in [0.3, 0.4) is 0 Å². The third kappa shape index (κ3) is 1.19. The number of carbonyl (C=O) groups is 1. The summed E-state index contributed by atoms with van der Waals surface area (Å²) in [5.41, 5.74) is 0.184. The van der Waals surface area contributed by atoms with E-state index in [1.165, 1.54) is 6.20 Å². The average molecular weight is 259 g/mol. The summed E-state index contributed by atoms with van der Waals surface area (Å²) < 4.78 is 13.4. The third-order valence-corrected chi connectivity index (χ3v) is 2.66. The van der Waals surface area contributed by atoms with Crippen molar-refractivity contribution >= 4 is 32.8 Å². The van der Waals surface area contributed by atoms with Gasteiger partial charge >= 0.3 is 5.97 Å². The van der Waals surface area contributed by atoms with Crippen molar-refractivity contribution in [3.63, 3.8) is 0 Å². The van der Waals surface area contributed by atoms with Crippen LogP contribution >= 0.6 is 15.9 Å². The van der Waals surface area contributed by atoms with Gasteiger partial charge in [-0.05, 0) is 22.0 Å². The van der Waals surface area contributed by atoms with E-state index in [0.717, 1.165) is 6.07 Å². The van der Waals surface area contributed by atoms with Gasteiger partial charge in [-0.25, -0.2) is 9.18 Å². The zero-order valence-electron chi connectivity index (χ0n) is 6.71. The minimum Gasteiger partial charge on any atom is -0.478 e. The summed E-state index contributed by atoms with van der Waals surface area (Å²) in [5.74, 6) is -1.80. The first-order valence-corrected chi connectivity index (χ1v) is 4.45. The van der Waals surface area contributed by atoms with Gasteiger partial charge in [0, 0.05) is 5.39 Å². The highest BCUT2D eigenvalue weighted by Gasteiger charge is 2.16. The number of fused-ring (bicyclic) bond motifs is 1. The van der Waals surface area contributed by atoms with Gasteiger partial charge in [-0.15, -0.1) is 0 Å². The molecule has 72 valence electrons. The molecule has 0 amide bonds. The van der Waals surface area contributed by atoms with Crippen molar-refractivity contribution in [3.05, 3.63) is 28.1 Å². The molecule has 0 aliphatic carbocycles. The lowest BCUT2D eigenvalue weighted by Gasteiger charge is -2.00. The van der Waals surface area contributed by atoms with E-state index in [1.807, 2.05) is 0 Å². The highest BCUT2D eigenvalue weighted by molar-refractivity contribution is 9.10. The normalized spacial score (nSPS) is 10.7. The number of carboxylic acids is 1. The van der Waals surface area contributed by atoms with Crippen LogP contribution in [0, 0.1) is 5.82 Å². The molecule has 6 heteroatoms. The summed E-state index contributed by atoms with van der Waals surface area (Å²) in [6, 6.07) is 0.951. The van der Waals surface area contributed by atoms with Gasteiger partial charge in [0.2, 0.25) is 0 Å². The number of rotatable bonds is 1. The second-order valence-electron chi connectivity index (χ2n) is 2.68. The largest absolute Gasteiger partial charge is 0.478 e. The monoisotopic (exact) mass is 258 g/mol. The number of aromatic nitrogens is 2. The highest BCUT2D eigenvalue weighted by Crippen LogP contribution is 2.28. The molecule has 0 fully saturated rings. The second kappa shape index (κ2) is 3.06. The number of nitrogens with zero attached hydrogens (tertiary/aromatic N) is 1. The zero-order chi connectivity index (χ0) is 10.3. The number of nitrogens with one attached hydrogen (secondary N) is 1. The fourth-order valence-corrected chi connectivity index (χ4v) is 1.63. The molecule has 4 nitrogen and oxygen atoms in total. The summed E-state index contributed by atoms with van der Waals surface area (Å²) in [4.78, 5) is 10.7. The minimum atomic E-state index is -1.19. The summed E-state index contributed by atoms with van der Waals surface area (Å²) in [6.07, 6.45) is 1.37. The van der Waals surface area contributed by atoms with Crippen molar-refractivity contribution in [1.82, 2.24) is 10.2 Å². The fraction of sp³-hybridized carbons (Fsp3) is 0.